The van der Waals surface area contributed by atoms with Gasteiger partial charge in [0, 0.05) is 52.4 Å². The van der Waals surface area contributed by atoms with Gasteiger partial charge in [0.25, 0.3) is 0 Å². The van der Waals surface area contributed by atoms with Gasteiger partial charge in [0.05, 0.1) is 11.4 Å². The van der Waals surface area contributed by atoms with Gasteiger partial charge in [-0.15, -0.1) is 23.1 Å². The molecule has 1 aliphatic carbocycles. The van der Waals surface area contributed by atoms with Crippen LogP contribution in [0.4, 0.5) is 0 Å². The SMILES string of the molecule is CC12C=CC=CC1Sc1ccc(-c3ccc(-c4ccc5sc6ccccc6c5c4)c(-c4cc(-c5ccccc5)nc(-c5cccc6ccccc56)n4)c3)cc12. The fraction of sp³-hybridized carbons (Fsp3) is 0.0588. The summed E-state index contributed by atoms with van der Waals surface area (Å²) in [4.78, 5) is 12.1. The number of rotatable bonds is 5. The molecule has 0 spiro atoms. The Labute approximate surface area is 328 Å². The van der Waals surface area contributed by atoms with Crippen LogP contribution in [-0.2, 0) is 5.41 Å². The van der Waals surface area contributed by atoms with Crippen molar-refractivity contribution in [3.8, 4) is 56.2 Å². The molecule has 2 nitrogen and oxygen atoms in total. The van der Waals surface area contributed by atoms with Crippen LogP contribution in [0.1, 0.15) is 12.5 Å². The van der Waals surface area contributed by atoms with Crippen molar-refractivity contribution in [3.63, 3.8) is 0 Å². The van der Waals surface area contributed by atoms with E-state index in [1.54, 1.807) is 0 Å². The zero-order valence-electron chi connectivity index (χ0n) is 30.1. The predicted octanol–water partition coefficient (Wildman–Crippen LogP) is 14.2. The van der Waals surface area contributed by atoms with Gasteiger partial charge in [-0.1, -0.05) is 146 Å². The van der Waals surface area contributed by atoms with Crippen LogP contribution in [0.25, 0.3) is 87.1 Å². The third-order valence-electron chi connectivity index (χ3n) is 11.4. The lowest BCUT2D eigenvalue weighted by Crippen LogP contribution is -2.28. The van der Waals surface area contributed by atoms with E-state index in [9.17, 15) is 0 Å². The molecule has 0 saturated carbocycles. The summed E-state index contributed by atoms with van der Waals surface area (Å²) in [6.07, 6.45) is 9.11. The second-order valence-corrected chi connectivity index (χ2v) is 17.0. The Kier molecular flexibility index (Phi) is 7.51. The van der Waals surface area contributed by atoms with Crippen molar-refractivity contribution in [1.29, 1.82) is 0 Å². The summed E-state index contributed by atoms with van der Waals surface area (Å²) in [7, 11) is 0. The average molecular weight is 739 g/mol. The van der Waals surface area contributed by atoms with Gasteiger partial charge in [-0.05, 0) is 81.1 Å². The molecule has 3 heterocycles. The molecule has 2 aliphatic rings. The number of benzene rings is 7. The third kappa shape index (κ3) is 5.39. The van der Waals surface area contributed by atoms with E-state index in [1.165, 1.54) is 52.7 Å². The maximum Gasteiger partial charge on any atom is 0.161 e. The van der Waals surface area contributed by atoms with Crippen LogP contribution in [0, 0.1) is 0 Å². The third-order valence-corrected chi connectivity index (χ3v) is 14.0. The summed E-state index contributed by atoms with van der Waals surface area (Å²) < 4.78 is 2.60. The van der Waals surface area contributed by atoms with Crippen LogP contribution in [0.2, 0.25) is 0 Å². The topological polar surface area (TPSA) is 25.8 Å². The second-order valence-electron chi connectivity index (χ2n) is 14.7. The molecule has 7 aromatic carbocycles. The van der Waals surface area contributed by atoms with E-state index in [1.807, 2.05) is 23.1 Å². The Morgan fingerprint density at radius 1 is 0.509 bits per heavy atom. The molecule has 11 rings (SSSR count). The van der Waals surface area contributed by atoms with Crippen molar-refractivity contribution >= 4 is 54.0 Å². The molecular weight excluding hydrogens is 705 g/mol. The first kappa shape index (κ1) is 32.4. The van der Waals surface area contributed by atoms with Gasteiger partial charge in [0.2, 0.25) is 0 Å². The van der Waals surface area contributed by atoms with Crippen molar-refractivity contribution in [2.45, 2.75) is 22.5 Å². The fourth-order valence-corrected chi connectivity index (χ4v) is 11.0. The van der Waals surface area contributed by atoms with E-state index in [0.717, 1.165) is 44.9 Å². The quantitative estimate of drug-likeness (QED) is 0.176. The predicted molar refractivity (Wildman–Crippen MR) is 235 cm³/mol. The van der Waals surface area contributed by atoms with Crippen LogP contribution in [0.3, 0.4) is 0 Å². The van der Waals surface area contributed by atoms with Gasteiger partial charge < -0.3 is 0 Å². The summed E-state index contributed by atoms with van der Waals surface area (Å²) in [5.74, 6) is 0.717. The van der Waals surface area contributed by atoms with Crippen LogP contribution in [0.15, 0.2) is 187 Å². The van der Waals surface area contributed by atoms with E-state index in [0.29, 0.717) is 5.25 Å². The van der Waals surface area contributed by atoms with Crippen LogP contribution >= 0.6 is 23.1 Å². The minimum absolute atomic E-state index is 0.0309. The molecule has 260 valence electrons. The molecule has 55 heavy (non-hydrogen) atoms. The molecule has 0 amide bonds. The molecule has 0 saturated heterocycles. The maximum atomic E-state index is 5.47. The Morgan fingerprint density at radius 3 is 2.18 bits per heavy atom. The molecule has 4 heteroatoms. The van der Waals surface area contributed by atoms with Gasteiger partial charge in [-0.2, -0.15) is 0 Å². The molecule has 2 unspecified atom stereocenters. The second kappa shape index (κ2) is 12.8. The summed E-state index contributed by atoms with van der Waals surface area (Å²) in [6.45, 7) is 2.37. The van der Waals surface area contributed by atoms with Crippen LogP contribution < -0.4 is 0 Å². The highest BCUT2D eigenvalue weighted by atomic mass is 32.2. The van der Waals surface area contributed by atoms with Gasteiger partial charge in [-0.25, -0.2) is 9.97 Å². The Balaban J connectivity index is 1.15. The first-order valence-electron chi connectivity index (χ1n) is 18.8. The molecule has 9 aromatic rings. The first-order chi connectivity index (χ1) is 27.1. The molecule has 2 atom stereocenters. The molecule has 0 N–H and O–H groups in total. The summed E-state index contributed by atoms with van der Waals surface area (Å²) in [6, 6.07) is 57.2. The van der Waals surface area contributed by atoms with Crippen molar-refractivity contribution in [3.05, 3.63) is 188 Å². The number of fused-ring (bicyclic) bond motifs is 7. The maximum absolute atomic E-state index is 5.47. The highest BCUT2D eigenvalue weighted by molar-refractivity contribution is 8.00. The first-order valence-corrected chi connectivity index (χ1v) is 20.5. The highest BCUT2D eigenvalue weighted by Gasteiger charge is 2.41. The Morgan fingerprint density at radius 2 is 1.25 bits per heavy atom. The summed E-state index contributed by atoms with van der Waals surface area (Å²) in [5.41, 5.74) is 11.0. The lowest BCUT2D eigenvalue weighted by Gasteiger charge is -2.28. The smallest absolute Gasteiger partial charge is 0.161 e. The normalized spacial score (nSPS) is 17.2. The highest BCUT2D eigenvalue weighted by Crippen LogP contribution is 2.53. The number of thiophene rings is 1. The summed E-state index contributed by atoms with van der Waals surface area (Å²) >= 11 is 3.82. The largest absolute Gasteiger partial charge is 0.228 e. The standard InChI is InChI=1S/C51H34N2S2/c1-51-27-10-9-20-49(51)55-48-26-22-35(30-43(48)51)34-21-24-38(36-23-25-47-42(29-36)39-17-7-8-19-46(39)54-47)41(28-34)45-31-44(33-13-3-2-4-14-33)52-50(53-45)40-18-11-15-32-12-5-6-16-37(32)40/h2-31,49H,1H3. The minimum atomic E-state index is -0.0309. The van der Waals surface area contributed by atoms with Gasteiger partial charge in [0.1, 0.15) is 0 Å². The zero-order valence-corrected chi connectivity index (χ0v) is 31.7. The molecule has 0 radical (unpaired) electrons. The molecule has 0 fully saturated rings. The van der Waals surface area contributed by atoms with E-state index in [-0.39, 0.29) is 5.41 Å². The van der Waals surface area contributed by atoms with Crippen molar-refractivity contribution in [2.75, 3.05) is 0 Å². The number of thioether (sulfide) groups is 1. The number of aromatic nitrogens is 2. The Hall–Kier alpha value is -6.07. The van der Waals surface area contributed by atoms with E-state index in [2.05, 4.69) is 189 Å². The van der Waals surface area contributed by atoms with Crippen LogP contribution in [-0.4, -0.2) is 15.2 Å². The van der Waals surface area contributed by atoms with Crippen molar-refractivity contribution in [1.82, 2.24) is 9.97 Å². The van der Waals surface area contributed by atoms with Gasteiger partial charge >= 0.3 is 0 Å². The number of nitrogens with zero attached hydrogens (tertiary/aromatic N) is 2. The fourth-order valence-electron chi connectivity index (χ4n) is 8.45. The van der Waals surface area contributed by atoms with E-state index >= 15 is 0 Å². The zero-order chi connectivity index (χ0) is 36.5. The van der Waals surface area contributed by atoms with Gasteiger partial charge in [0.15, 0.2) is 5.82 Å². The lowest BCUT2D eigenvalue weighted by atomic mass is 9.76. The lowest BCUT2D eigenvalue weighted by molar-refractivity contribution is 0.620. The molecule has 0 bridgehead atoms. The molecule has 1 aliphatic heterocycles. The number of hydrogen-bond donors (Lipinski definition) is 0. The van der Waals surface area contributed by atoms with Gasteiger partial charge in [-0.3, -0.25) is 0 Å². The average Bonchev–Trinajstić information content (AvgIpc) is 3.77. The molecule has 2 aromatic heterocycles. The minimum Gasteiger partial charge on any atom is -0.228 e. The Bertz CT molecular complexity index is 3040. The molecular formula is C51H34N2S2. The summed E-state index contributed by atoms with van der Waals surface area (Å²) in [5, 5.41) is 5.30. The monoisotopic (exact) mass is 738 g/mol. The van der Waals surface area contributed by atoms with Crippen LogP contribution in [0.5, 0.6) is 0 Å². The van der Waals surface area contributed by atoms with Crippen molar-refractivity contribution < 1.29 is 0 Å². The number of allylic oxidation sites excluding steroid dienone is 3. The van der Waals surface area contributed by atoms with Crippen molar-refractivity contribution in [2.24, 2.45) is 0 Å². The number of hydrogen-bond acceptors (Lipinski definition) is 4. The van der Waals surface area contributed by atoms with E-state index < -0.39 is 0 Å². The van der Waals surface area contributed by atoms with E-state index in [4.69, 9.17) is 9.97 Å².